The summed E-state index contributed by atoms with van der Waals surface area (Å²) in [7, 11) is 1.58. The minimum absolute atomic E-state index is 0.0385. The molecule has 6 nitrogen and oxygen atoms in total. The highest BCUT2D eigenvalue weighted by molar-refractivity contribution is 5.90. The zero-order valence-corrected chi connectivity index (χ0v) is 12.2. The van der Waals surface area contributed by atoms with Crippen LogP contribution in [0.25, 0.3) is 0 Å². The van der Waals surface area contributed by atoms with E-state index in [1.807, 2.05) is 0 Å². The largest absolute Gasteiger partial charge is 0.377 e. The number of rotatable bonds is 3. The second-order valence-corrected chi connectivity index (χ2v) is 5.75. The van der Waals surface area contributed by atoms with Crippen molar-refractivity contribution in [3.05, 3.63) is 0 Å². The molecule has 114 valence electrons. The maximum absolute atomic E-state index is 12.9. The van der Waals surface area contributed by atoms with Gasteiger partial charge in [-0.1, -0.05) is 19.3 Å². The second-order valence-electron chi connectivity index (χ2n) is 5.75. The van der Waals surface area contributed by atoms with Gasteiger partial charge in [-0.2, -0.15) is 0 Å². The highest BCUT2D eigenvalue weighted by Crippen LogP contribution is 2.37. The van der Waals surface area contributed by atoms with Crippen LogP contribution in [-0.2, 0) is 14.3 Å². The highest BCUT2D eigenvalue weighted by Gasteiger charge is 2.44. The highest BCUT2D eigenvalue weighted by atomic mass is 16.5. The quantitative estimate of drug-likeness (QED) is 0.755. The van der Waals surface area contributed by atoms with Gasteiger partial charge < -0.3 is 20.7 Å². The zero-order valence-electron chi connectivity index (χ0n) is 12.2. The molecule has 6 heteroatoms. The van der Waals surface area contributed by atoms with Crippen molar-refractivity contribution in [2.24, 2.45) is 11.1 Å². The molecule has 2 rings (SSSR count). The summed E-state index contributed by atoms with van der Waals surface area (Å²) in [6.45, 7) is 1.59. The van der Waals surface area contributed by atoms with Crippen LogP contribution in [0.2, 0.25) is 0 Å². The van der Waals surface area contributed by atoms with Gasteiger partial charge in [-0.3, -0.25) is 9.59 Å². The molecule has 0 bridgehead atoms. The Morgan fingerprint density at radius 1 is 1.35 bits per heavy atom. The van der Waals surface area contributed by atoms with Crippen molar-refractivity contribution in [3.8, 4) is 0 Å². The Hall–Kier alpha value is -1.14. The van der Waals surface area contributed by atoms with E-state index in [0.29, 0.717) is 19.7 Å². The van der Waals surface area contributed by atoms with Gasteiger partial charge in [0.25, 0.3) is 0 Å². The third kappa shape index (κ3) is 2.81. The zero-order chi connectivity index (χ0) is 14.6. The van der Waals surface area contributed by atoms with Crippen LogP contribution in [0.4, 0.5) is 0 Å². The lowest BCUT2D eigenvalue weighted by molar-refractivity contribution is -0.157. The molecule has 1 aliphatic heterocycles. The first-order valence-electron chi connectivity index (χ1n) is 7.45. The first-order chi connectivity index (χ1) is 9.64. The average Bonchev–Trinajstić information content (AvgIpc) is 2.54. The number of carbonyl (C=O) groups excluding carboxylic acids is 2. The lowest BCUT2D eigenvalue weighted by Gasteiger charge is -2.43. The molecule has 0 aromatic rings. The van der Waals surface area contributed by atoms with Gasteiger partial charge in [0.2, 0.25) is 11.8 Å². The Morgan fingerprint density at radius 3 is 2.65 bits per heavy atom. The van der Waals surface area contributed by atoms with E-state index in [2.05, 4.69) is 5.32 Å². The van der Waals surface area contributed by atoms with Crippen LogP contribution in [-0.4, -0.2) is 56.1 Å². The minimum atomic E-state index is -0.522. The van der Waals surface area contributed by atoms with Gasteiger partial charge in [0, 0.05) is 20.1 Å². The molecule has 1 heterocycles. The van der Waals surface area contributed by atoms with E-state index in [4.69, 9.17) is 10.5 Å². The summed E-state index contributed by atoms with van der Waals surface area (Å²) < 4.78 is 5.35. The monoisotopic (exact) mass is 283 g/mol. The lowest BCUT2D eigenvalue weighted by Crippen LogP contribution is -2.60. The molecule has 0 aromatic heterocycles. The van der Waals surface area contributed by atoms with E-state index in [1.165, 1.54) is 0 Å². The van der Waals surface area contributed by atoms with Crippen LogP contribution in [0.5, 0.6) is 0 Å². The van der Waals surface area contributed by atoms with E-state index < -0.39 is 11.5 Å². The van der Waals surface area contributed by atoms with Crippen LogP contribution in [0.15, 0.2) is 0 Å². The van der Waals surface area contributed by atoms with Crippen LogP contribution in [0.3, 0.4) is 0 Å². The van der Waals surface area contributed by atoms with Crippen LogP contribution < -0.4 is 11.1 Å². The molecule has 2 fully saturated rings. The normalized spacial score (nSPS) is 26.1. The number of morpholine rings is 1. The Labute approximate surface area is 120 Å². The number of ether oxygens (including phenoxy) is 1. The predicted molar refractivity (Wildman–Crippen MR) is 75.0 cm³/mol. The summed E-state index contributed by atoms with van der Waals surface area (Å²) in [6.07, 6.45) is 4.91. The van der Waals surface area contributed by atoms with Crippen molar-refractivity contribution >= 4 is 11.8 Å². The molecular formula is C14H25N3O3. The summed E-state index contributed by atoms with van der Waals surface area (Å²) in [6, 6.07) is -0.522. The molecule has 20 heavy (non-hydrogen) atoms. The number of nitrogens with two attached hydrogens (primary N) is 1. The molecule has 2 aliphatic rings. The summed E-state index contributed by atoms with van der Waals surface area (Å²) >= 11 is 0. The number of amides is 2. The van der Waals surface area contributed by atoms with E-state index >= 15 is 0 Å². The summed E-state index contributed by atoms with van der Waals surface area (Å²) in [5.41, 5.74) is 5.45. The SMILES string of the molecule is CNC(=O)C1COCCN1C(=O)C1(CN)CCCCC1. The molecular weight excluding hydrogens is 258 g/mol. The van der Waals surface area contributed by atoms with Gasteiger partial charge in [0.1, 0.15) is 6.04 Å². The first-order valence-corrected chi connectivity index (χ1v) is 7.45. The maximum atomic E-state index is 12.9. The van der Waals surface area contributed by atoms with Gasteiger partial charge in [0.05, 0.1) is 18.6 Å². The molecule has 1 saturated carbocycles. The molecule has 1 aliphatic carbocycles. The number of nitrogens with zero attached hydrogens (tertiary/aromatic N) is 1. The number of nitrogens with one attached hydrogen (secondary N) is 1. The number of likely N-dealkylation sites (N-methyl/N-ethyl adjacent to an activating group) is 1. The summed E-state index contributed by atoms with van der Waals surface area (Å²) in [5.74, 6) is -0.127. The third-order valence-electron chi connectivity index (χ3n) is 4.59. The van der Waals surface area contributed by atoms with Crippen LogP contribution in [0.1, 0.15) is 32.1 Å². The van der Waals surface area contributed by atoms with Gasteiger partial charge in [-0.25, -0.2) is 0 Å². The van der Waals surface area contributed by atoms with Crippen LogP contribution >= 0.6 is 0 Å². The maximum Gasteiger partial charge on any atom is 0.244 e. The molecule has 0 radical (unpaired) electrons. The fourth-order valence-electron chi connectivity index (χ4n) is 3.27. The lowest BCUT2D eigenvalue weighted by atomic mass is 9.72. The summed E-state index contributed by atoms with van der Waals surface area (Å²) in [4.78, 5) is 26.6. The molecule has 1 saturated heterocycles. The Kier molecular flexibility index (Phi) is 4.99. The Balaban J connectivity index is 2.17. The van der Waals surface area contributed by atoms with Crippen LogP contribution in [0, 0.1) is 5.41 Å². The first kappa shape index (κ1) is 15.3. The summed E-state index contributed by atoms with van der Waals surface area (Å²) in [5, 5.41) is 2.61. The average molecular weight is 283 g/mol. The number of hydrogen-bond acceptors (Lipinski definition) is 4. The molecule has 1 unspecified atom stereocenters. The third-order valence-corrected chi connectivity index (χ3v) is 4.59. The fraction of sp³-hybridized carbons (Fsp3) is 0.857. The molecule has 3 N–H and O–H groups in total. The standard InChI is InChI=1S/C14H25N3O3/c1-16-12(18)11-9-20-8-7-17(11)13(19)14(10-15)5-3-2-4-6-14/h11H,2-10,15H2,1H3,(H,16,18). The smallest absolute Gasteiger partial charge is 0.244 e. The van der Waals surface area contributed by atoms with Gasteiger partial charge in [-0.15, -0.1) is 0 Å². The molecule has 0 spiro atoms. The van der Waals surface area contributed by atoms with Crippen molar-refractivity contribution in [1.29, 1.82) is 0 Å². The van der Waals surface area contributed by atoms with Crippen molar-refractivity contribution in [2.75, 3.05) is 33.4 Å². The van der Waals surface area contributed by atoms with E-state index in [1.54, 1.807) is 11.9 Å². The van der Waals surface area contributed by atoms with E-state index in [-0.39, 0.29) is 18.4 Å². The van der Waals surface area contributed by atoms with Crippen molar-refractivity contribution in [2.45, 2.75) is 38.1 Å². The second kappa shape index (κ2) is 6.54. The van der Waals surface area contributed by atoms with Crippen molar-refractivity contribution in [1.82, 2.24) is 10.2 Å². The Bertz CT molecular complexity index is 367. The minimum Gasteiger partial charge on any atom is -0.377 e. The van der Waals surface area contributed by atoms with E-state index in [0.717, 1.165) is 32.1 Å². The Morgan fingerprint density at radius 2 is 2.05 bits per heavy atom. The topological polar surface area (TPSA) is 84.7 Å². The van der Waals surface area contributed by atoms with E-state index in [9.17, 15) is 9.59 Å². The fourth-order valence-corrected chi connectivity index (χ4v) is 3.27. The molecule has 0 aromatic carbocycles. The number of hydrogen-bond donors (Lipinski definition) is 2. The van der Waals surface area contributed by atoms with Crippen molar-refractivity contribution in [3.63, 3.8) is 0 Å². The van der Waals surface area contributed by atoms with Gasteiger partial charge in [-0.05, 0) is 12.8 Å². The molecule has 1 atom stereocenters. The van der Waals surface area contributed by atoms with Crippen molar-refractivity contribution < 1.29 is 14.3 Å². The van der Waals surface area contributed by atoms with Gasteiger partial charge >= 0.3 is 0 Å². The number of carbonyl (C=O) groups is 2. The molecule has 2 amide bonds. The predicted octanol–water partition coefficient (Wildman–Crippen LogP) is -0.131. The van der Waals surface area contributed by atoms with Gasteiger partial charge in [0.15, 0.2) is 0 Å².